The molecule has 1 N–H and O–H groups in total. The van der Waals surface area contributed by atoms with Gasteiger partial charge in [-0.15, -0.1) is 11.3 Å². The average Bonchev–Trinajstić information content (AvgIpc) is 3.17. The number of halogens is 2. The molecule has 0 aliphatic heterocycles. The zero-order valence-electron chi connectivity index (χ0n) is 11.8. The minimum absolute atomic E-state index is 0.197. The van der Waals surface area contributed by atoms with Crippen molar-refractivity contribution in [2.45, 2.75) is 38.3 Å². The molecule has 1 aliphatic carbocycles. The van der Waals surface area contributed by atoms with Gasteiger partial charge in [0.05, 0.1) is 5.02 Å². The van der Waals surface area contributed by atoms with Gasteiger partial charge >= 0.3 is 0 Å². The van der Waals surface area contributed by atoms with Crippen molar-refractivity contribution in [1.29, 1.82) is 0 Å². The van der Waals surface area contributed by atoms with Crippen LogP contribution in [0.1, 0.15) is 42.2 Å². The van der Waals surface area contributed by atoms with Crippen molar-refractivity contribution in [3.05, 3.63) is 57.0 Å². The molecule has 1 aliphatic rings. The van der Waals surface area contributed by atoms with Crippen LogP contribution in [-0.2, 0) is 6.54 Å². The molecule has 1 heterocycles. The van der Waals surface area contributed by atoms with Gasteiger partial charge in [0.2, 0.25) is 0 Å². The molecule has 1 atom stereocenters. The smallest absolute Gasteiger partial charge is 0.146 e. The van der Waals surface area contributed by atoms with E-state index in [9.17, 15) is 4.39 Å². The van der Waals surface area contributed by atoms with E-state index in [2.05, 4.69) is 22.8 Å². The van der Waals surface area contributed by atoms with E-state index in [0.29, 0.717) is 24.1 Å². The Balaban J connectivity index is 1.74. The first-order chi connectivity index (χ1) is 10.3. The van der Waals surface area contributed by atoms with Gasteiger partial charge in [-0.1, -0.05) is 42.6 Å². The van der Waals surface area contributed by atoms with Gasteiger partial charge < -0.3 is 5.32 Å². The lowest BCUT2D eigenvalue weighted by Crippen LogP contribution is -2.26. The van der Waals surface area contributed by atoms with Crippen molar-refractivity contribution < 1.29 is 4.39 Å². The fourth-order valence-electron chi connectivity index (χ4n) is 3.16. The lowest BCUT2D eigenvalue weighted by Gasteiger charge is -2.24. The maximum Gasteiger partial charge on any atom is 0.146 e. The minimum Gasteiger partial charge on any atom is -0.305 e. The van der Waals surface area contributed by atoms with Crippen molar-refractivity contribution in [3.63, 3.8) is 0 Å². The van der Waals surface area contributed by atoms with Crippen LogP contribution in [-0.4, -0.2) is 0 Å². The zero-order chi connectivity index (χ0) is 14.7. The second-order valence-corrected chi connectivity index (χ2v) is 7.02. The highest BCUT2D eigenvalue weighted by Crippen LogP contribution is 2.37. The summed E-state index contributed by atoms with van der Waals surface area (Å²) < 4.78 is 14.0. The summed E-state index contributed by atoms with van der Waals surface area (Å²) in [6.45, 7) is 0.519. The zero-order valence-corrected chi connectivity index (χ0v) is 13.4. The fourth-order valence-corrected chi connectivity index (χ4v) is 4.25. The molecule has 2 aromatic rings. The highest BCUT2D eigenvalue weighted by molar-refractivity contribution is 7.10. The molecule has 1 saturated carbocycles. The van der Waals surface area contributed by atoms with Crippen LogP contribution >= 0.6 is 22.9 Å². The van der Waals surface area contributed by atoms with Gasteiger partial charge in [-0.25, -0.2) is 4.39 Å². The SMILES string of the molecule is Fc1c(Cl)cccc1CNC(c1cccs1)C1CCCC1. The maximum atomic E-state index is 14.0. The first-order valence-corrected chi connectivity index (χ1v) is 8.71. The monoisotopic (exact) mass is 323 g/mol. The summed E-state index contributed by atoms with van der Waals surface area (Å²) in [7, 11) is 0. The van der Waals surface area contributed by atoms with Gasteiger partial charge in [0.25, 0.3) is 0 Å². The molecule has 1 nitrogen and oxygen atoms in total. The number of benzene rings is 1. The second kappa shape index (κ2) is 6.91. The highest BCUT2D eigenvalue weighted by atomic mass is 35.5. The molecule has 0 spiro atoms. The van der Waals surface area contributed by atoms with Gasteiger partial charge in [-0.3, -0.25) is 0 Å². The van der Waals surface area contributed by atoms with Crippen molar-refractivity contribution in [1.82, 2.24) is 5.32 Å². The molecule has 1 unspecified atom stereocenters. The molecular weight excluding hydrogens is 305 g/mol. The Hall–Kier alpha value is -0.900. The van der Waals surface area contributed by atoms with E-state index in [0.717, 1.165) is 0 Å². The molecule has 0 amide bonds. The van der Waals surface area contributed by atoms with Crippen molar-refractivity contribution >= 4 is 22.9 Å². The van der Waals surface area contributed by atoms with Gasteiger partial charge in [0.15, 0.2) is 0 Å². The third-order valence-electron chi connectivity index (χ3n) is 4.26. The number of hydrogen-bond donors (Lipinski definition) is 1. The number of hydrogen-bond acceptors (Lipinski definition) is 2. The van der Waals surface area contributed by atoms with Crippen LogP contribution < -0.4 is 5.32 Å². The van der Waals surface area contributed by atoms with Gasteiger partial charge in [-0.05, 0) is 36.3 Å². The normalized spacial score (nSPS) is 17.2. The van der Waals surface area contributed by atoms with Crippen molar-refractivity contribution in [2.24, 2.45) is 5.92 Å². The van der Waals surface area contributed by atoms with Crippen LogP contribution in [0, 0.1) is 11.7 Å². The Labute approximate surface area is 134 Å². The second-order valence-electron chi connectivity index (χ2n) is 5.63. The molecular formula is C17H19ClFNS. The molecule has 1 aromatic carbocycles. The Morgan fingerprint density at radius 2 is 2.05 bits per heavy atom. The largest absolute Gasteiger partial charge is 0.305 e. The quantitative estimate of drug-likeness (QED) is 0.759. The summed E-state index contributed by atoms with van der Waals surface area (Å²) in [5, 5.41) is 5.87. The van der Waals surface area contributed by atoms with Crippen LogP contribution in [0.5, 0.6) is 0 Å². The van der Waals surface area contributed by atoms with Crippen LogP contribution in [0.15, 0.2) is 35.7 Å². The summed E-state index contributed by atoms with van der Waals surface area (Å²) in [6, 6.07) is 9.78. The number of thiophene rings is 1. The molecule has 0 saturated heterocycles. The van der Waals surface area contributed by atoms with Crippen LogP contribution in [0.2, 0.25) is 5.02 Å². The number of rotatable bonds is 5. The molecule has 21 heavy (non-hydrogen) atoms. The van der Waals surface area contributed by atoms with E-state index < -0.39 is 0 Å². The van der Waals surface area contributed by atoms with E-state index in [4.69, 9.17) is 11.6 Å². The third kappa shape index (κ3) is 3.47. The average molecular weight is 324 g/mol. The molecule has 1 fully saturated rings. The van der Waals surface area contributed by atoms with E-state index in [1.54, 1.807) is 29.5 Å². The Kier molecular flexibility index (Phi) is 4.94. The Morgan fingerprint density at radius 3 is 2.76 bits per heavy atom. The summed E-state index contributed by atoms with van der Waals surface area (Å²) in [5.41, 5.74) is 0.641. The Morgan fingerprint density at radius 1 is 1.24 bits per heavy atom. The summed E-state index contributed by atoms with van der Waals surface area (Å²) >= 11 is 7.63. The standard InChI is InChI=1S/C17H19ClFNS/c18-14-8-3-7-13(16(14)19)11-20-17(12-5-1-2-6-12)15-9-4-10-21-15/h3-4,7-10,12,17,20H,1-2,5-6,11H2. The Bertz CT molecular complexity index is 578. The van der Waals surface area contributed by atoms with Crippen LogP contribution in [0.3, 0.4) is 0 Å². The highest BCUT2D eigenvalue weighted by Gasteiger charge is 2.26. The maximum absolute atomic E-state index is 14.0. The molecule has 0 bridgehead atoms. The van der Waals surface area contributed by atoms with E-state index in [-0.39, 0.29) is 10.8 Å². The molecule has 4 heteroatoms. The lowest BCUT2D eigenvalue weighted by atomic mass is 9.96. The summed E-state index contributed by atoms with van der Waals surface area (Å²) in [4.78, 5) is 1.35. The van der Waals surface area contributed by atoms with Crippen molar-refractivity contribution in [2.75, 3.05) is 0 Å². The molecule has 1 aromatic heterocycles. The first kappa shape index (κ1) is 15.0. The molecule has 0 radical (unpaired) electrons. The van der Waals surface area contributed by atoms with Gasteiger partial charge in [0.1, 0.15) is 5.82 Å². The van der Waals surface area contributed by atoms with Gasteiger partial charge in [-0.2, -0.15) is 0 Å². The fraction of sp³-hybridized carbons (Fsp3) is 0.412. The van der Waals surface area contributed by atoms with E-state index in [1.165, 1.54) is 30.6 Å². The van der Waals surface area contributed by atoms with Crippen LogP contribution in [0.25, 0.3) is 0 Å². The first-order valence-electron chi connectivity index (χ1n) is 7.45. The topological polar surface area (TPSA) is 12.0 Å². The van der Waals surface area contributed by atoms with E-state index in [1.807, 2.05) is 0 Å². The predicted molar refractivity (Wildman–Crippen MR) is 87.3 cm³/mol. The third-order valence-corrected chi connectivity index (χ3v) is 5.51. The number of nitrogens with one attached hydrogen (secondary N) is 1. The summed E-state index contributed by atoms with van der Waals surface area (Å²) in [6.07, 6.45) is 5.13. The van der Waals surface area contributed by atoms with Crippen molar-refractivity contribution in [3.8, 4) is 0 Å². The minimum atomic E-state index is -0.303. The molecule has 3 rings (SSSR count). The predicted octanol–water partition coefficient (Wildman–Crippen LogP) is 5.56. The lowest BCUT2D eigenvalue weighted by molar-refractivity contribution is 0.368. The molecule has 112 valence electrons. The van der Waals surface area contributed by atoms with E-state index >= 15 is 0 Å². The van der Waals surface area contributed by atoms with Gasteiger partial charge in [0, 0.05) is 23.0 Å². The van der Waals surface area contributed by atoms with Crippen LogP contribution in [0.4, 0.5) is 4.39 Å². The summed E-state index contributed by atoms with van der Waals surface area (Å²) in [5.74, 6) is 0.355.